The van der Waals surface area contributed by atoms with Gasteiger partial charge in [0.05, 0.1) is 10.2 Å². The highest BCUT2D eigenvalue weighted by molar-refractivity contribution is 7.17. The molecule has 2 aromatic heterocycles. The molecule has 4 nitrogen and oxygen atoms in total. The Morgan fingerprint density at radius 1 is 0.958 bits per heavy atom. The first-order valence-electron chi connectivity index (χ1n) is 8.62. The predicted octanol–water partition coefficient (Wildman–Crippen LogP) is 3.37. The van der Waals surface area contributed by atoms with Gasteiger partial charge in [0.2, 0.25) is 0 Å². The lowest BCUT2D eigenvalue weighted by Gasteiger charge is -2.35. The second kappa shape index (κ2) is 5.83. The number of piperazine rings is 1. The number of fused-ring (bicyclic) bond motifs is 1. The average Bonchev–Trinajstić information content (AvgIpc) is 3.31. The van der Waals surface area contributed by atoms with Crippen molar-refractivity contribution in [3.05, 3.63) is 53.7 Å². The molecule has 0 amide bonds. The quantitative estimate of drug-likeness (QED) is 0.734. The molecule has 2 aliphatic rings. The topological polar surface area (TPSA) is 32.3 Å². The van der Waals surface area contributed by atoms with Gasteiger partial charge in [-0.25, -0.2) is 9.97 Å². The van der Waals surface area contributed by atoms with E-state index in [1.54, 1.807) is 17.7 Å². The van der Waals surface area contributed by atoms with Crippen molar-refractivity contribution in [1.29, 1.82) is 0 Å². The first kappa shape index (κ1) is 14.4. The van der Waals surface area contributed by atoms with Crippen LogP contribution in [0, 0.1) is 0 Å². The predicted molar refractivity (Wildman–Crippen MR) is 98.8 cm³/mol. The summed E-state index contributed by atoms with van der Waals surface area (Å²) in [5.74, 6) is 1.85. The minimum atomic E-state index is 0.737. The summed E-state index contributed by atoms with van der Waals surface area (Å²) in [5.41, 5.74) is 2.57. The van der Waals surface area contributed by atoms with Gasteiger partial charge in [-0.15, -0.1) is 11.3 Å². The van der Waals surface area contributed by atoms with E-state index in [9.17, 15) is 0 Å². The molecule has 1 aliphatic heterocycles. The Balaban J connectivity index is 1.26. The van der Waals surface area contributed by atoms with Crippen LogP contribution >= 0.6 is 11.3 Å². The normalized spacial score (nSPS) is 24.4. The summed E-state index contributed by atoms with van der Waals surface area (Å²) >= 11 is 1.74. The first-order valence-corrected chi connectivity index (χ1v) is 9.50. The number of aromatic nitrogens is 2. The van der Waals surface area contributed by atoms with Gasteiger partial charge in [-0.2, -0.15) is 0 Å². The molecular weight excluding hydrogens is 316 g/mol. The Kier molecular flexibility index (Phi) is 3.49. The maximum Gasteiger partial charge on any atom is 0.150 e. The van der Waals surface area contributed by atoms with Crippen LogP contribution in [0.25, 0.3) is 10.2 Å². The summed E-state index contributed by atoms with van der Waals surface area (Å²) < 4.78 is 1.22. The third kappa shape index (κ3) is 2.48. The van der Waals surface area contributed by atoms with Crippen molar-refractivity contribution in [1.82, 2.24) is 14.9 Å². The van der Waals surface area contributed by atoms with E-state index in [-0.39, 0.29) is 0 Å². The zero-order valence-electron chi connectivity index (χ0n) is 13.5. The van der Waals surface area contributed by atoms with E-state index < -0.39 is 0 Å². The van der Waals surface area contributed by atoms with Crippen molar-refractivity contribution in [3.8, 4) is 0 Å². The smallest absolute Gasteiger partial charge is 0.150 e. The third-order valence-corrected chi connectivity index (χ3v) is 6.19. The number of nitrogens with zero attached hydrogens (tertiary/aromatic N) is 4. The van der Waals surface area contributed by atoms with Gasteiger partial charge < -0.3 is 4.90 Å². The minimum absolute atomic E-state index is 0.737. The van der Waals surface area contributed by atoms with Crippen molar-refractivity contribution in [2.24, 2.45) is 0 Å². The maximum absolute atomic E-state index is 4.56. The van der Waals surface area contributed by atoms with Gasteiger partial charge in [-0.05, 0) is 23.4 Å². The zero-order valence-corrected chi connectivity index (χ0v) is 14.3. The van der Waals surface area contributed by atoms with Gasteiger partial charge in [0.25, 0.3) is 0 Å². The van der Waals surface area contributed by atoms with E-state index >= 15 is 0 Å². The van der Waals surface area contributed by atoms with E-state index in [2.05, 4.69) is 61.5 Å². The van der Waals surface area contributed by atoms with Gasteiger partial charge in [0, 0.05) is 38.1 Å². The summed E-state index contributed by atoms with van der Waals surface area (Å²) in [6, 6.07) is 13.8. The summed E-state index contributed by atoms with van der Waals surface area (Å²) in [6.07, 6.45) is 3.01. The monoisotopic (exact) mass is 336 g/mol. The van der Waals surface area contributed by atoms with Crippen molar-refractivity contribution < 1.29 is 0 Å². The van der Waals surface area contributed by atoms with Crippen molar-refractivity contribution >= 4 is 27.4 Å². The van der Waals surface area contributed by atoms with Gasteiger partial charge >= 0.3 is 0 Å². The molecule has 5 heteroatoms. The Bertz CT molecular complexity index is 839. The van der Waals surface area contributed by atoms with Gasteiger partial charge in [-0.1, -0.05) is 30.3 Å². The summed E-state index contributed by atoms with van der Waals surface area (Å²) in [7, 11) is 0. The van der Waals surface area contributed by atoms with Crippen molar-refractivity contribution in [3.63, 3.8) is 0 Å². The summed E-state index contributed by atoms with van der Waals surface area (Å²) in [6.45, 7) is 4.37. The van der Waals surface area contributed by atoms with Crippen molar-refractivity contribution in [2.45, 2.75) is 18.4 Å². The fourth-order valence-corrected chi connectivity index (χ4v) is 4.77. The van der Waals surface area contributed by atoms with Crippen LogP contribution in [0.5, 0.6) is 0 Å². The van der Waals surface area contributed by atoms with E-state index in [0.717, 1.165) is 49.5 Å². The SMILES string of the molecule is c1ccc([C@@H]2CC2N2CCN(c3ncnc4ccsc34)CC2)cc1. The molecule has 24 heavy (non-hydrogen) atoms. The largest absolute Gasteiger partial charge is 0.353 e. The zero-order chi connectivity index (χ0) is 15.9. The standard InChI is InChI=1S/C19H20N4S/c1-2-4-14(5-3-1)15-12-17(15)22-7-9-23(10-8-22)19-18-16(6-11-24-18)20-13-21-19/h1-6,11,13,15,17H,7-10,12H2/t15-,17?/m0/s1. The second-order valence-electron chi connectivity index (χ2n) is 6.68. The highest BCUT2D eigenvalue weighted by Gasteiger charge is 2.43. The molecule has 0 radical (unpaired) electrons. The molecule has 122 valence electrons. The van der Waals surface area contributed by atoms with Crippen molar-refractivity contribution in [2.75, 3.05) is 31.1 Å². The number of rotatable bonds is 3. The highest BCUT2D eigenvalue weighted by atomic mass is 32.1. The number of anilines is 1. The van der Waals surface area contributed by atoms with E-state index in [1.165, 1.54) is 16.7 Å². The summed E-state index contributed by atoms with van der Waals surface area (Å²) in [5, 5.41) is 2.10. The molecule has 0 N–H and O–H groups in total. The van der Waals surface area contributed by atoms with Gasteiger partial charge in [0.1, 0.15) is 12.1 Å². The fourth-order valence-electron chi connectivity index (χ4n) is 3.91. The second-order valence-corrected chi connectivity index (χ2v) is 7.59. The molecule has 1 saturated heterocycles. The number of thiophene rings is 1. The van der Waals surface area contributed by atoms with E-state index in [4.69, 9.17) is 0 Å². The van der Waals surface area contributed by atoms with Crippen LogP contribution in [0.15, 0.2) is 48.1 Å². The Labute approximate surface area is 145 Å². The van der Waals surface area contributed by atoms with Crippen LogP contribution in [-0.2, 0) is 0 Å². The lowest BCUT2D eigenvalue weighted by atomic mass is 10.1. The molecule has 3 heterocycles. The number of hydrogen-bond acceptors (Lipinski definition) is 5. The van der Waals surface area contributed by atoms with Crippen LogP contribution in [0.4, 0.5) is 5.82 Å². The Hall–Kier alpha value is -1.98. The lowest BCUT2D eigenvalue weighted by Crippen LogP contribution is -2.47. The average molecular weight is 336 g/mol. The molecule has 5 rings (SSSR count). The number of hydrogen-bond donors (Lipinski definition) is 0. The van der Waals surface area contributed by atoms with Crippen LogP contribution in [0.2, 0.25) is 0 Å². The molecule has 0 spiro atoms. The lowest BCUT2D eigenvalue weighted by molar-refractivity contribution is 0.244. The van der Waals surface area contributed by atoms with E-state index in [1.807, 2.05) is 0 Å². The third-order valence-electron chi connectivity index (χ3n) is 5.29. The summed E-state index contributed by atoms with van der Waals surface area (Å²) in [4.78, 5) is 14.0. The van der Waals surface area contributed by atoms with Gasteiger partial charge in [0.15, 0.2) is 0 Å². The van der Waals surface area contributed by atoms with Crippen LogP contribution in [0.1, 0.15) is 17.9 Å². The maximum atomic E-state index is 4.56. The molecule has 2 atom stereocenters. The molecule has 1 unspecified atom stereocenters. The van der Waals surface area contributed by atoms with E-state index in [0.29, 0.717) is 0 Å². The van der Waals surface area contributed by atoms with Crippen LogP contribution < -0.4 is 4.90 Å². The minimum Gasteiger partial charge on any atom is -0.353 e. The molecule has 0 bridgehead atoms. The highest BCUT2D eigenvalue weighted by Crippen LogP contribution is 2.45. The molecule has 2 fully saturated rings. The molecular formula is C19H20N4S. The Morgan fingerprint density at radius 2 is 1.79 bits per heavy atom. The van der Waals surface area contributed by atoms with Crippen LogP contribution in [-0.4, -0.2) is 47.1 Å². The number of benzene rings is 1. The molecule has 1 aliphatic carbocycles. The first-order chi connectivity index (χ1) is 11.9. The molecule has 1 aromatic carbocycles. The van der Waals surface area contributed by atoms with Crippen LogP contribution in [0.3, 0.4) is 0 Å². The molecule has 1 saturated carbocycles. The Morgan fingerprint density at radius 3 is 2.62 bits per heavy atom. The fraction of sp³-hybridized carbons (Fsp3) is 0.368. The van der Waals surface area contributed by atoms with Gasteiger partial charge in [-0.3, -0.25) is 4.90 Å². The molecule has 3 aromatic rings.